The predicted octanol–water partition coefficient (Wildman–Crippen LogP) is 3.96. The van der Waals surface area contributed by atoms with E-state index < -0.39 is 5.97 Å². The molecule has 0 unspecified atom stereocenters. The van der Waals surface area contributed by atoms with Crippen molar-refractivity contribution in [1.82, 2.24) is 4.98 Å². The number of fused-ring (bicyclic) bond motifs is 1. The van der Waals surface area contributed by atoms with Crippen LogP contribution < -0.4 is 0 Å². The quantitative estimate of drug-likeness (QED) is 0.403. The Kier molecular flexibility index (Phi) is 4.85. The van der Waals surface area contributed by atoms with Gasteiger partial charge < -0.3 is 4.84 Å². The smallest absolute Gasteiger partial charge is 0.316 e. The molecule has 0 aliphatic heterocycles. The molecule has 0 fully saturated rings. The van der Waals surface area contributed by atoms with Crippen molar-refractivity contribution in [2.75, 3.05) is 0 Å². The number of nitrogens with zero attached hydrogens (tertiary/aromatic N) is 3. The number of para-hydroxylation sites is 1. The lowest BCUT2D eigenvalue weighted by atomic mass is 10.2. The SMILES string of the molecule is N#CC(=NOC(=O)Cc1ccc(Cl)cc1)c1nc2ccccc2s1. The Morgan fingerprint density at radius 2 is 2.00 bits per heavy atom. The average Bonchev–Trinajstić information content (AvgIpc) is 3.01. The van der Waals surface area contributed by atoms with E-state index in [0.717, 1.165) is 15.8 Å². The fraction of sp³-hybridized carbons (Fsp3) is 0.0588. The molecule has 24 heavy (non-hydrogen) atoms. The standard InChI is InChI=1S/C17H10ClN3O2S/c18-12-7-5-11(6-8-12)9-16(22)23-21-14(10-19)17-20-13-3-1-2-4-15(13)24-17/h1-8H,9H2. The van der Waals surface area contributed by atoms with Crippen molar-refractivity contribution in [3.63, 3.8) is 0 Å². The van der Waals surface area contributed by atoms with Crippen molar-refractivity contribution in [3.8, 4) is 6.07 Å². The van der Waals surface area contributed by atoms with Gasteiger partial charge in [0.1, 0.15) is 6.07 Å². The molecule has 5 nitrogen and oxygen atoms in total. The number of nitriles is 1. The van der Waals surface area contributed by atoms with Crippen LogP contribution in [0, 0.1) is 11.3 Å². The predicted molar refractivity (Wildman–Crippen MR) is 93.0 cm³/mol. The Hall–Kier alpha value is -2.75. The maximum atomic E-state index is 11.8. The summed E-state index contributed by atoms with van der Waals surface area (Å²) < 4.78 is 0.933. The first kappa shape index (κ1) is 16.1. The Balaban J connectivity index is 1.72. The number of halogens is 1. The van der Waals surface area contributed by atoms with Gasteiger partial charge in [0.05, 0.1) is 16.6 Å². The van der Waals surface area contributed by atoms with Crippen molar-refractivity contribution in [2.45, 2.75) is 6.42 Å². The fourth-order valence-corrected chi connectivity index (χ4v) is 3.00. The molecule has 0 amide bonds. The molecule has 0 N–H and O–H groups in total. The largest absolute Gasteiger partial charge is 0.339 e. The Morgan fingerprint density at radius 3 is 2.71 bits per heavy atom. The molecule has 3 aromatic rings. The third-order valence-corrected chi connectivity index (χ3v) is 4.40. The number of hydrogen-bond donors (Lipinski definition) is 0. The van der Waals surface area contributed by atoms with Gasteiger partial charge in [-0.15, -0.1) is 11.3 Å². The molecule has 0 bridgehead atoms. The highest BCUT2D eigenvalue weighted by Gasteiger charge is 2.12. The zero-order valence-electron chi connectivity index (χ0n) is 12.3. The van der Waals surface area contributed by atoms with Crippen LogP contribution >= 0.6 is 22.9 Å². The number of benzene rings is 2. The van der Waals surface area contributed by atoms with E-state index in [0.29, 0.717) is 10.0 Å². The highest BCUT2D eigenvalue weighted by Crippen LogP contribution is 2.22. The Labute approximate surface area is 146 Å². The van der Waals surface area contributed by atoms with E-state index in [-0.39, 0.29) is 12.1 Å². The molecule has 118 valence electrons. The molecule has 0 saturated carbocycles. The number of carbonyl (C=O) groups excluding carboxylic acids is 1. The van der Waals surface area contributed by atoms with Crippen molar-refractivity contribution in [3.05, 3.63) is 64.1 Å². The van der Waals surface area contributed by atoms with E-state index >= 15 is 0 Å². The molecule has 1 heterocycles. The van der Waals surface area contributed by atoms with Crippen LogP contribution in [0.15, 0.2) is 53.7 Å². The van der Waals surface area contributed by atoms with E-state index in [2.05, 4.69) is 10.1 Å². The molecular formula is C17H10ClN3O2S. The summed E-state index contributed by atoms with van der Waals surface area (Å²) in [5, 5.41) is 13.9. The van der Waals surface area contributed by atoms with E-state index in [4.69, 9.17) is 16.4 Å². The summed E-state index contributed by atoms with van der Waals surface area (Å²) in [7, 11) is 0. The molecule has 0 atom stereocenters. The number of hydrogen-bond acceptors (Lipinski definition) is 6. The van der Waals surface area contributed by atoms with Crippen LogP contribution in [-0.4, -0.2) is 16.7 Å². The van der Waals surface area contributed by atoms with Crippen molar-refractivity contribution >= 4 is 44.8 Å². The second-order valence-corrected chi connectivity index (χ2v) is 6.27. The zero-order valence-corrected chi connectivity index (χ0v) is 13.8. The Morgan fingerprint density at radius 1 is 1.25 bits per heavy atom. The molecule has 3 rings (SSSR count). The first-order chi connectivity index (χ1) is 11.7. The molecule has 0 spiro atoms. The summed E-state index contributed by atoms with van der Waals surface area (Å²) in [5.74, 6) is -0.564. The minimum absolute atomic E-state index is 0.0272. The molecule has 0 aliphatic carbocycles. The van der Waals surface area contributed by atoms with Crippen molar-refractivity contribution in [2.24, 2.45) is 5.16 Å². The molecule has 0 saturated heterocycles. The third-order valence-electron chi connectivity index (χ3n) is 3.10. The first-order valence-electron chi connectivity index (χ1n) is 6.94. The number of oxime groups is 1. The van der Waals surface area contributed by atoms with Gasteiger partial charge in [-0.25, -0.2) is 9.78 Å². The lowest BCUT2D eigenvalue weighted by Gasteiger charge is -1.99. The van der Waals surface area contributed by atoms with E-state index in [1.165, 1.54) is 11.3 Å². The number of rotatable bonds is 4. The fourth-order valence-electron chi connectivity index (χ4n) is 1.98. The average molecular weight is 356 g/mol. The number of aromatic nitrogens is 1. The minimum Gasteiger partial charge on any atom is -0.316 e. The number of carbonyl (C=O) groups is 1. The summed E-state index contributed by atoms with van der Waals surface area (Å²) in [6, 6.07) is 16.2. The minimum atomic E-state index is -0.564. The van der Waals surface area contributed by atoms with Crippen LogP contribution in [0.1, 0.15) is 10.6 Å². The normalized spacial score (nSPS) is 11.2. The highest BCUT2D eigenvalue weighted by atomic mass is 35.5. The van der Waals surface area contributed by atoms with Crippen LogP contribution in [0.5, 0.6) is 0 Å². The number of thiazole rings is 1. The van der Waals surface area contributed by atoms with Crippen LogP contribution in [-0.2, 0) is 16.1 Å². The zero-order chi connectivity index (χ0) is 16.9. The van der Waals surface area contributed by atoms with Gasteiger partial charge >= 0.3 is 5.97 Å². The van der Waals surface area contributed by atoms with E-state index in [1.54, 1.807) is 24.3 Å². The summed E-state index contributed by atoms with van der Waals surface area (Å²) in [5.41, 5.74) is 1.49. The lowest BCUT2D eigenvalue weighted by molar-refractivity contribution is -0.142. The molecule has 7 heteroatoms. The van der Waals surface area contributed by atoms with Crippen LogP contribution in [0.25, 0.3) is 10.2 Å². The maximum Gasteiger partial charge on any atom is 0.339 e. The van der Waals surface area contributed by atoms with Gasteiger partial charge in [0.15, 0.2) is 5.01 Å². The van der Waals surface area contributed by atoms with Crippen molar-refractivity contribution in [1.29, 1.82) is 5.26 Å². The van der Waals surface area contributed by atoms with E-state index in [9.17, 15) is 10.1 Å². The van der Waals surface area contributed by atoms with Gasteiger partial charge in [0, 0.05) is 5.02 Å². The summed E-state index contributed by atoms with van der Waals surface area (Å²) in [4.78, 5) is 21.0. The van der Waals surface area contributed by atoms with Gasteiger partial charge in [-0.05, 0) is 29.8 Å². The topological polar surface area (TPSA) is 75.3 Å². The first-order valence-corrected chi connectivity index (χ1v) is 8.13. The molecule has 0 radical (unpaired) electrons. The highest BCUT2D eigenvalue weighted by molar-refractivity contribution is 7.20. The summed E-state index contributed by atoms with van der Waals surface area (Å²) >= 11 is 7.11. The molecule has 1 aromatic heterocycles. The summed E-state index contributed by atoms with van der Waals surface area (Å²) in [6.45, 7) is 0. The van der Waals surface area contributed by atoms with Crippen LogP contribution in [0.4, 0.5) is 0 Å². The maximum absolute atomic E-state index is 11.8. The molecular weight excluding hydrogens is 346 g/mol. The monoisotopic (exact) mass is 355 g/mol. The van der Waals surface area contributed by atoms with Crippen LogP contribution in [0.3, 0.4) is 0 Å². The van der Waals surface area contributed by atoms with Crippen molar-refractivity contribution < 1.29 is 9.63 Å². The molecule has 0 aliphatic rings. The van der Waals surface area contributed by atoms with E-state index in [1.807, 2.05) is 30.3 Å². The van der Waals surface area contributed by atoms with Gasteiger partial charge in [0.25, 0.3) is 0 Å². The van der Waals surface area contributed by atoms with Gasteiger partial charge in [0.2, 0.25) is 5.71 Å². The van der Waals surface area contributed by atoms with Gasteiger partial charge in [-0.3, -0.25) is 0 Å². The van der Waals surface area contributed by atoms with Crippen LogP contribution in [0.2, 0.25) is 5.02 Å². The Bertz CT molecular complexity index is 925. The van der Waals surface area contributed by atoms with Gasteiger partial charge in [-0.2, -0.15) is 5.26 Å². The second kappa shape index (κ2) is 7.21. The summed E-state index contributed by atoms with van der Waals surface area (Å²) in [6.07, 6.45) is 0.0409. The van der Waals surface area contributed by atoms with Gasteiger partial charge in [-0.1, -0.05) is 41.0 Å². The molecule has 2 aromatic carbocycles. The third kappa shape index (κ3) is 3.77. The lowest BCUT2D eigenvalue weighted by Crippen LogP contribution is -2.07. The second-order valence-electron chi connectivity index (χ2n) is 4.80.